The maximum absolute atomic E-state index is 11.3. The summed E-state index contributed by atoms with van der Waals surface area (Å²) in [4.78, 5) is 11.3. The van der Waals surface area contributed by atoms with Gasteiger partial charge in [0, 0.05) is 6.54 Å². The lowest BCUT2D eigenvalue weighted by Crippen LogP contribution is -2.30. The lowest BCUT2D eigenvalue weighted by molar-refractivity contribution is -0.124. The lowest BCUT2D eigenvalue weighted by Gasteiger charge is -2.09. The van der Waals surface area contributed by atoms with Gasteiger partial charge in [0.05, 0.1) is 6.20 Å². The van der Waals surface area contributed by atoms with Crippen LogP contribution in [0.2, 0.25) is 0 Å². The fraction of sp³-hybridized carbons (Fsp3) is 0.571. The zero-order valence-electron chi connectivity index (χ0n) is 7.69. The summed E-state index contributed by atoms with van der Waals surface area (Å²) in [6, 6.07) is -0.371. The van der Waals surface area contributed by atoms with E-state index in [-0.39, 0.29) is 11.9 Å². The van der Waals surface area contributed by atoms with Crippen LogP contribution in [0.3, 0.4) is 0 Å². The van der Waals surface area contributed by atoms with Gasteiger partial charge in [0.1, 0.15) is 6.04 Å². The molecule has 0 aliphatic rings. The molecule has 0 aliphatic carbocycles. The zero-order chi connectivity index (χ0) is 9.84. The van der Waals surface area contributed by atoms with Crippen LogP contribution in [0.15, 0.2) is 6.20 Å². The van der Waals surface area contributed by atoms with Gasteiger partial charge in [0.15, 0.2) is 5.82 Å². The predicted octanol–water partition coefficient (Wildman–Crippen LogP) is -0.443. The molecule has 0 radical (unpaired) electrons. The van der Waals surface area contributed by atoms with Crippen molar-refractivity contribution in [3.63, 3.8) is 0 Å². The van der Waals surface area contributed by atoms with Crippen molar-refractivity contribution in [3.05, 3.63) is 6.20 Å². The molecule has 1 rings (SSSR count). The van der Waals surface area contributed by atoms with Crippen LogP contribution >= 0.6 is 0 Å². The highest BCUT2D eigenvalue weighted by atomic mass is 16.2. The minimum Gasteiger partial charge on any atom is -0.381 e. The molecule has 6 heteroatoms. The molecule has 1 unspecified atom stereocenters. The molecule has 1 aromatic heterocycles. The Hall–Kier alpha value is -1.59. The number of hydrogen-bond acceptors (Lipinski definition) is 4. The third-order valence-electron chi connectivity index (χ3n) is 1.66. The number of likely N-dealkylation sites (N-methyl/N-ethyl adjacent to an activating group) is 1. The van der Waals surface area contributed by atoms with E-state index in [9.17, 15) is 4.79 Å². The molecule has 0 saturated heterocycles. The van der Waals surface area contributed by atoms with E-state index in [4.69, 9.17) is 5.73 Å². The summed E-state index contributed by atoms with van der Waals surface area (Å²) in [5, 5.41) is 9.98. The molecule has 1 aromatic rings. The Bertz CT molecular complexity index is 295. The Kier molecular flexibility index (Phi) is 2.84. The molecular weight excluding hydrogens is 170 g/mol. The summed E-state index contributed by atoms with van der Waals surface area (Å²) in [6.45, 7) is 4.20. The number of amides is 1. The number of nitrogen functional groups attached to an aromatic ring is 1. The second kappa shape index (κ2) is 3.88. The number of nitrogens with zero attached hydrogens (tertiary/aromatic N) is 3. The van der Waals surface area contributed by atoms with Crippen molar-refractivity contribution in [1.82, 2.24) is 20.3 Å². The van der Waals surface area contributed by atoms with Gasteiger partial charge in [-0.25, -0.2) is 4.68 Å². The van der Waals surface area contributed by atoms with Crippen LogP contribution in [0.25, 0.3) is 0 Å². The van der Waals surface area contributed by atoms with E-state index >= 15 is 0 Å². The van der Waals surface area contributed by atoms with Gasteiger partial charge >= 0.3 is 0 Å². The van der Waals surface area contributed by atoms with Crippen LogP contribution in [0.1, 0.15) is 19.9 Å². The third-order valence-corrected chi connectivity index (χ3v) is 1.66. The normalized spacial score (nSPS) is 12.5. The zero-order valence-corrected chi connectivity index (χ0v) is 7.69. The SMILES string of the molecule is CCNC(=O)C(C)n1cc(N)nn1. The summed E-state index contributed by atoms with van der Waals surface area (Å²) < 4.78 is 1.43. The molecule has 13 heavy (non-hydrogen) atoms. The largest absolute Gasteiger partial charge is 0.381 e. The molecular formula is C7H13N5O. The van der Waals surface area contributed by atoms with Crippen LogP contribution in [0, 0.1) is 0 Å². The summed E-state index contributed by atoms with van der Waals surface area (Å²) in [5.74, 6) is 0.226. The maximum atomic E-state index is 11.3. The molecule has 72 valence electrons. The fourth-order valence-corrected chi connectivity index (χ4v) is 0.922. The number of carbonyl (C=O) groups is 1. The highest BCUT2D eigenvalue weighted by molar-refractivity contribution is 5.79. The van der Waals surface area contributed by atoms with Crippen LogP contribution < -0.4 is 11.1 Å². The van der Waals surface area contributed by atoms with Crippen LogP contribution in [0.4, 0.5) is 5.82 Å². The average molecular weight is 183 g/mol. The maximum Gasteiger partial charge on any atom is 0.244 e. The predicted molar refractivity (Wildman–Crippen MR) is 47.8 cm³/mol. The first-order chi connectivity index (χ1) is 6.15. The second-order valence-corrected chi connectivity index (χ2v) is 2.69. The van der Waals surface area contributed by atoms with Gasteiger partial charge in [0.25, 0.3) is 0 Å². The molecule has 0 aliphatic heterocycles. The topological polar surface area (TPSA) is 85.8 Å². The van der Waals surface area contributed by atoms with Gasteiger partial charge in [-0.1, -0.05) is 5.21 Å². The molecule has 0 spiro atoms. The molecule has 1 heterocycles. The van der Waals surface area contributed by atoms with Crippen LogP contribution in [0.5, 0.6) is 0 Å². The van der Waals surface area contributed by atoms with Crippen molar-refractivity contribution >= 4 is 11.7 Å². The Labute approximate surface area is 76.1 Å². The molecule has 0 fully saturated rings. The number of nitrogens with one attached hydrogen (secondary N) is 1. The minimum absolute atomic E-state index is 0.0904. The van der Waals surface area contributed by atoms with Gasteiger partial charge in [-0.15, -0.1) is 5.10 Å². The Morgan fingerprint density at radius 3 is 3.00 bits per heavy atom. The summed E-state index contributed by atoms with van der Waals surface area (Å²) in [5.41, 5.74) is 5.36. The summed E-state index contributed by atoms with van der Waals surface area (Å²) >= 11 is 0. The molecule has 1 atom stereocenters. The first-order valence-corrected chi connectivity index (χ1v) is 4.10. The third kappa shape index (κ3) is 2.17. The molecule has 0 bridgehead atoms. The lowest BCUT2D eigenvalue weighted by atomic mass is 10.3. The molecule has 3 N–H and O–H groups in total. The van der Waals surface area contributed by atoms with Gasteiger partial charge in [0.2, 0.25) is 5.91 Å². The number of rotatable bonds is 3. The van der Waals surface area contributed by atoms with Gasteiger partial charge in [-0.2, -0.15) is 0 Å². The molecule has 0 aromatic carbocycles. The van der Waals surface area contributed by atoms with E-state index < -0.39 is 0 Å². The van der Waals surface area contributed by atoms with Crippen molar-refractivity contribution < 1.29 is 4.79 Å². The van der Waals surface area contributed by atoms with E-state index in [2.05, 4.69) is 15.6 Å². The highest BCUT2D eigenvalue weighted by Gasteiger charge is 2.14. The molecule has 0 saturated carbocycles. The van der Waals surface area contributed by atoms with Crippen molar-refractivity contribution in [2.45, 2.75) is 19.9 Å². The van der Waals surface area contributed by atoms with Gasteiger partial charge in [-0.3, -0.25) is 4.79 Å². The van der Waals surface area contributed by atoms with E-state index in [0.717, 1.165) is 0 Å². The van der Waals surface area contributed by atoms with E-state index in [0.29, 0.717) is 12.4 Å². The fourth-order valence-electron chi connectivity index (χ4n) is 0.922. The number of anilines is 1. The first-order valence-electron chi connectivity index (χ1n) is 4.10. The van der Waals surface area contributed by atoms with Gasteiger partial charge in [-0.05, 0) is 13.8 Å². The van der Waals surface area contributed by atoms with E-state index in [1.54, 1.807) is 6.92 Å². The average Bonchev–Trinajstić information content (AvgIpc) is 2.51. The number of aromatic nitrogens is 3. The van der Waals surface area contributed by atoms with E-state index in [1.165, 1.54) is 10.9 Å². The standard InChI is InChI=1S/C7H13N5O/c1-3-9-7(13)5(2)12-4-6(8)10-11-12/h4-5H,3,8H2,1-2H3,(H,9,13). The quantitative estimate of drug-likeness (QED) is 0.665. The molecule has 1 amide bonds. The Balaban J connectivity index is 2.67. The van der Waals surface area contributed by atoms with Crippen molar-refractivity contribution in [1.29, 1.82) is 0 Å². The Morgan fingerprint density at radius 1 is 1.85 bits per heavy atom. The van der Waals surface area contributed by atoms with Crippen molar-refractivity contribution in [2.24, 2.45) is 0 Å². The minimum atomic E-state index is -0.371. The Morgan fingerprint density at radius 2 is 2.54 bits per heavy atom. The summed E-state index contributed by atoms with van der Waals surface area (Å²) in [6.07, 6.45) is 1.53. The highest BCUT2D eigenvalue weighted by Crippen LogP contribution is 2.04. The molecule has 6 nitrogen and oxygen atoms in total. The smallest absolute Gasteiger partial charge is 0.244 e. The summed E-state index contributed by atoms with van der Waals surface area (Å²) in [7, 11) is 0. The van der Waals surface area contributed by atoms with Crippen LogP contribution in [-0.4, -0.2) is 27.4 Å². The van der Waals surface area contributed by atoms with Gasteiger partial charge < -0.3 is 11.1 Å². The second-order valence-electron chi connectivity index (χ2n) is 2.69. The first kappa shape index (κ1) is 9.50. The van der Waals surface area contributed by atoms with Crippen molar-refractivity contribution in [3.8, 4) is 0 Å². The van der Waals surface area contributed by atoms with E-state index in [1.807, 2.05) is 6.92 Å². The van der Waals surface area contributed by atoms with Crippen molar-refractivity contribution in [2.75, 3.05) is 12.3 Å². The number of carbonyl (C=O) groups excluding carboxylic acids is 1. The number of nitrogens with two attached hydrogens (primary N) is 1. The monoisotopic (exact) mass is 183 g/mol. The van der Waals surface area contributed by atoms with Crippen LogP contribution in [-0.2, 0) is 4.79 Å². The number of hydrogen-bond donors (Lipinski definition) is 2.